The molecule has 0 spiro atoms. The van der Waals surface area contributed by atoms with Crippen LogP contribution in [0.1, 0.15) is 37.7 Å². The Morgan fingerprint density at radius 2 is 1.92 bits per heavy atom. The molecule has 3 aliphatic rings. The number of fused-ring (bicyclic) bond motifs is 3. The van der Waals surface area contributed by atoms with Crippen LogP contribution in [0.3, 0.4) is 0 Å². The molecule has 0 saturated heterocycles. The molecule has 1 amide bonds. The van der Waals surface area contributed by atoms with Gasteiger partial charge in [0.25, 0.3) is 10.0 Å². The number of rotatable bonds is 3. The number of carbonyl (C=O) groups excluding carboxylic acids is 1. The van der Waals surface area contributed by atoms with Crippen LogP contribution in [0, 0.1) is 11.8 Å². The fraction of sp³-hybridized carbons (Fsp3) is 0.556. The van der Waals surface area contributed by atoms with Gasteiger partial charge in [-0.1, -0.05) is 18.6 Å². The summed E-state index contributed by atoms with van der Waals surface area (Å²) in [6, 6.07) is 7.05. The molecule has 8 heteroatoms. The Hall–Kier alpha value is -1.93. The second-order valence-electron chi connectivity index (χ2n) is 7.54. The normalized spacial score (nSPS) is 33.3. The highest BCUT2D eigenvalue weighted by Crippen LogP contribution is 2.39. The lowest BCUT2D eigenvalue weighted by molar-refractivity contribution is -0.122. The number of amides is 1. The van der Waals surface area contributed by atoms with Gasteiger partial charge in [0.1, 0.15) is 12.4 Å². The van der Waals surface area contributed by atoms with E-state index in [4.69, 9.17) is 5.73 Å². The summed E-state index contributed by atoms with van der Waals surface area (Å²) in [6.45, 7) is -0.0891. The van der Waals surface area contributed by atoms with Crippen molar-refractivity contribution < 1.29 is 13.2 Å². The molecule has 7 nitrogen and oxygen atoms in total. The molecule has 1 aromatic carbocycles. The summed E-state index contributed by atoms with van der Waals surface area (Å²) in [4.78, 5) is 16.9. The van der Waals surface area contributed by atoms with Gasteiger partial charge in [-0.25, -0.2) is 8.42 Å². The van der Waals surface area contributed by atoms with Crippen LogP contribution in [-0.2, 0) is 14.8 Å². The first-order chi connectivity index (χ1) is 12.4. The number of hydrogen-bond donors (Lipinski definition) is 3. The monoisotopic (exact) mass is 376 g/mol. The summed E-state index contributed by atoms with van der Waals surface area (Å²) in [5.41, 5.74) is 6.65. The average molecular weight is 376 g/mol. The molecule has 2 saturated carbocycles. The van der Waals surface area contributed by atoms with Gasteiger partial charge >= 0.3 is 0 Å². The third kappa shape index (κ3) is 3.23. The van der Waals surface area contributed by atoms with E-state index in [9.17, 15) is 13.2 Å². The van der Waals surface area contributed by atoms with Crippen LogP contribution in [-0.4, -0.2) is 38.8 Å². The highest BCUT2D eigenvalue weighted by molar-refractivity contribution is 7.90. The summed E-state index contributed by atoms with van der Waals surface area (Å²) in [5.74, 6) is 0.958. The van der Waals surface area contributed by atoms with Crippen LogP contribution in [0.2, 0.25) is 0 Å². The Balaban J connectivity index is 1.44. The van der Waals surface area contributed by atoms with E-state index in [-0.39, 0.29) is 35.3 Å². The van der Waals surface area contributed by atoms with Gasteiger partial charge in [0.05, 0.1) is 4.90 Å². The minimum atomic E-state index is -3.57. The molecule has 2 fully saturated rings. The summed E-state index contributed by atoms with van der Waals surface area (Å²) in [5, 5.41) is 3.13. The van der Waals surface area contributed by atoms with Crippen LogP contribution in [0.15, 0.2) is 34.2 Å². The minimum absolute atomic E-state index is 0.0891. The second kappa shape index (κ2) is 6.66. The SMILES string of the molecule is NC1CC2CCCC(C1)C2NC(=O)CN=C1NS(=O)(=O)c2ccccc21. The van der Waals surface area contributed by atoms with Crippen molar-refractivity contribution in [2.75, 3.05) is 6.54 Å². The van der Waals surface area contributed by atoms with E-state index >= 15 is 0 Å². The summed E-state index contributed by atoms with van der Waals surface area (Å²) < 4.78 is 26.6. The zero-order valence-electron chi connectivity index (χ0n) is 14.5. The number of benzene rings is 1. The number of amidine groups is 1. The third-order valence-corrected chi connectivity index (χ3v) is 7.14. The van der Waals surface area contributed by atoms with Crippen LogP contribution in [0.25, 0.3) is 0 Å². The van der Waals surface area contributed by atoms with Gasteiger partial charge in [-0.05, 0) is 49.7 Å². The van der Waals surface area contributed by atoms with Gasteiger partial charge in [0.15, 0.2) is 0 Å². The molecule has 0 aromatic heterocycles. The number of nitrogens with two attached hydrogens (primary N) is 1. The number of nitrogens with zero attached hydrogens (tertiary/aromatic N) is 1. The van der Waals surface area contributed by atoms with E-state index in [1.54, 1.807) is 18.2 Å². The average Bonchev–Trinajstić information content (AvgIpc) is 2.85. The summed E-state index contributed by atoms with van der Waals surface area (Å²) in [6.07, 6.45) is 5.34. The second-order valence-corrected chi connectivity index (χ2v) is 9.19. The predicted molar refractivity (Wildman–Crippen MR) is 98.1 cm³/mol. The highest BCUT2D eigenvalue weighted by atomic mass is 32.2. The number of carbonyl (C=O) groups is 1. The molecule has 1 heterocycles. The number of nitrogens with one attached hydrogen (secondary N) is 2. The topological polar surface area (TPSA) is 114 Å². The van der Waals surface area contributed by atoms with Gasteiger partial charge < -0.3 is 11.1 Å². The van der Waals surface area contributed by atoms with Crippen LogP contribution in [0.5, 0.6) is 0 Å². The molecule has 2 atom stereocenters. The van der Waals surface area contributed by atoms with E-state index in [2.05, 4.69) is 15.0 Å². The van der Waals surface area contributed by atoms with Crippen molar-refractivity contribution in [1.82, 2.24) is 10.0 Å². The lowest BCUT2D eigenvalue weighted by atomic mass is 9.67. The Morgan fingerprint density at radius 1 is 1.23 bits per heavy atom. The van der Waals surface area contributed by atoms with Crippen molar-refractivity contribution in [1.29, 1.82) is 0 Å². The number of aliphatic imine (C=N–C) groups is 1. The molecule has 0 radical (unpaired) electrons. The van der Waals surface area contributed by atoms with Crippen molar-refractivity contribution in [2.45, 2.75) is 49.1 Å². The molecule has 4 rings (SSSR count). The number of sulfonamides is 1. The van der Waals surface area contributed by atoms with E-state index in [0.717, 1.165) is 25.7 Å². The van der Waals surface area contributed by atoms with Crippen LogP contribution >= 0.6 is 0 Å². The van der Waals surface area contributed by atoms with Gasteiger partial charge in [-0.3, -0.25) is 14.5 Å². The molecule has 2 unspecified atom stereocenters. The van der Waals surface area contributed by atoms with E-state index < -0.39 is 10.0 Å². The van der Waals surface area contributed by atoms with Gasteiger partial charge in [-0.15, -0.1) is 0 Å². The molecule has 140 valence electrons. The summed E-state index contributed by atoms with van der Waals surface area (Å²) in [7, 11) is -3.57. The Kier molecular flexibility index (Phi) is 4.48. The maximum atomic E-state index is 12.4. The first-order valence-corrected chi connectivity index (χ1v) is 10.6. The molecule has 1 aliphatic heterocycles. The van der Waals surface area contributed by atoms with E-state index in [1.165, 1.54) is 12.5 Å². The zero-order valence-corrected chi connectivity index (χ0v) is 15.3. The van der Waals surface area contributed by atoms with Crippen LogP contribution < -0.4 is 15.8 Å². The van der Waals surface area contributed by atoms with Gasteiger partial charge in [0.2, 0.25) is 5.91 Å². The van der Waals surface area contributed by atoms with Crippen molar-refractivity contribution in [2.24, 2.45) is 22.6 Å². The van der Waals surface area contributed by atoms with E-state index in [0.29, 0.717) is 17.4 Å². The quantitative estimate of drug-likeness (QED) is 0.722. The molecular weight excluding hydrogens is 352 g/mol. The van der Waals surface area contributed by atoms with E-state index in [1.807, 2.05) is 0 Å². The molecule has 4 N–H and O–H groups in total. The fourth-order valence-electron chi connectivity index (χ4n) is 4.66. The molecule has 1 aromatic rings. The minimum Gasteiger partial charge on any atom is -0.351 e. The first kappa shape index (κ1) is 17.5. The van der Waals surface area contributed by atoms with Crippen molar-refractivity contribution in [3.63, 3.8) is 0 Å². The summed E-state index contributed by atoms with van der Waals surface area (Å²) >= 11 is 0. The Labute approximate surface area is 153 Å². The lowest BCUT2D eigenvalue weighted by Crippen LogP contribution is -2.54. The zero-order chi connectivity index (χ0) is 18.3. The first-order valence-electron chi connectivity index (χ1n) is 9.15. The van der Waals surface area contributed by atoms with Gasteiger partial charge in [-0.2, -0.15) is 0 Å². The standard InChI is InChI=1S/C18H24N4O3S/c19-13-8-11-4-3-5-12(9-13)17(11)21-16(23)10-20-18-14-6-1-2-7-15(14)26(24,25)22-18/h1-2,6-7,11-13,17H,3-5,8-10,19H2,(H,20,22)(H,21,23). The molecule has 26 heavy (non-hydrogen) atoms. The van der Waals surface area contributed by atoms with Crippen molar-refractivity contribution in [3.8, 4) is 0 Å². The van der Waals surface area contributed by atoms with Crippen LogP contribution in [0.4, 0.5) is 0 Å². The smallest absolute Gasteiger partial charge is 0.263 e. The van der Waals surface area contributed by atoms with Gasteiger partial charge in [0, 0.05) is 17.6 Å². The van der Waals surface area contributed by atoms with Crippen molar-refractivity contribution >= 4 is 21.8 Å². The maximum Gasteiger partial charge on any atom is 0.263 e. The molecule has 2 aliphatic carbocycles. The Morgan fingerprint density at radius 3 is 2.65 bits per heavy atom. The predicted octanol–water partition coefficient (Wildman–Crippen LogP) is 0.747. The third-order valence-electron chi connectivity index (χ3n) is 5.75. The Bertz CT molecular complexity index is 838. The lowest BCUT2D eigenvalue weighted by Gasteiger charge is -2.45. The maximum absolute atomic E-state index is 12.4. The largest absolute Gasteiger partial charge is 0.351 e. The highest BCUT2D eigenvalue weighted by Gasteiger charge is 2.39. The number of hydrogen-bond acceptors (Lipinski definition) is 5. The fourth-order valence-corrected chi connectivity index (χ4v) is 5.91. The molecular formula is C18H24N4O3S. The molecule has 2 bridgehead atoms. The van der Waals surface area contributed by atoms with Crippen molar-refractivity contribution in [3.05, 3.63) is 29.8 Å².